The van der Waals surface area contributed by atoms with E-state index in [4.69, 9.17) is 5.26 Å². The molecule has 0 aliphatic carbocycles. The van der Waals surface area contributed by atoms with E-state index in [0.717, 1.165) is 23.5 Å². The fourth-order valence-electron chi connectivity index (χ4n) is 2.57. The molecular formula is C18H18N6. The summed E-state index contributed by atoms with van der Waals surface area (Å²) in [5.74, 6) is 0.642. The summed E-state index contributed by atoms with van der Waals surface area (Å²) < 4.78 is 2.02. The van der Waals surface area contributed by atoms with Crippen LogP contribution in [0.15, 0.2) is 42.5 Å². The molecule has 2 heterocycles. The van der Waals surface area contributed by atoms with Crippen LogP contribution in [0, 0.1) is 25.2 Å². The van der Waals surface area contributed by atoms with Gasteiger partial charge in [0.1, 0.15) is 11.9 Å². The standard InChI is InChI=1S/C18H18N6/c1-13-17(11-20-18-9-8-16(10-19)21-22-18)14(2)24(23-13)12-15-6-4-3-5-7-15/h3-9H,11-12H2,1-2H3,(H,20,22). The fraction of sp³-hybridized carbons (Fsp3) is 0.222. The average molecular weight is 318 g/mol. The summed E-state index contributed by atoms with van der Waals surface area (Å²) in [4.78, 5) is 0. The number of hydrogen-bond acceptors (Lipinski definition) is 5. The van der Waals surface area contributed by atoms with Crippen LogP contribution >= 0.6 is 0 Å². The van der Waals surface area contributed by atoms with Gasteiger partial charge in [0.25, 0.3) is 0 Å². The third-order valence-electron chi connectivity index (χ3n) is 3.93. The van der Waals surface area contributed by atoms with Gasteiger partial charge in [0.2, 0.25) is 0 Å². The van der Waals surface area contributed by atoms with E-state index in [-0.39, 0.29) is 0 Å². The lowest BCUT2D eigenvalue weighted by Gasteiger charge is -2.07. The van der Waals surface area contributed by atoms with Crippen molar-refractivity contribution in [1.29, 1.82) is 5.26 Å². The molecule has 1 N–H and O–H groups in total. The molecule has 0 saturated heterocycles. The summed E-state index contributed by atoms with van der Waals surface area (Å²) in [6.07, 6.45) is 0. The second-order valence-corrected chi connectivity index (χ2v) is 5.56. The maximum atomic E-state index is 8.75. The lowest BCUT2D eigenvalue weighted by Crippen LogP contribution is -2.06. The first-order valence-electron chi connectivity index (χ1n) is 7.72. The highest BCUT2D eigenvalue weighted by Gasteiger charge is 2.12. The summed E-state index contributed by atoms with van der Waals surface area (Å²) in [7, 11) is 0. The van der Waals surface area contributed by atoms with Gasteiger partial charge in [-0.1, -0.05) is 30.3 Å². The number of nitrogens with zero attached hydrogens (tertiary/aromatic N) is 5. The van der Waals surface area contributed by atoms with Crippen LogP contribution in [0.5, 0.6) is 0 Å². The molecule has 0 radical (unpaired) electrons. The lowest BCUT2D eigenvalue weighted by molar-refractivity contribution is 0.658. The Kier molecular flexibility index (Phi) is 4.52. The normalized spacial score (nSPS) is 10.4. The monoisotopic (exact) mass is 318 g/mol. The molecule has 3 rings (SSSR count). The van der Waals surface area contributed by atoms with Crippen molar-refractivity contribution in [3.05, 3.63) is 70.7 Å². The molecule has 6 nitrogen and oxygen atoms in total. The highest BCUT2D eigenvalue weighted by molar-refractivity contribution is 5.38. The van der Waals surface area contributed by atoms with Crippen LogP contribution in [0.2, 0.25) is 0 Å². The summed E-state index contributed by atoms with van der Waals surface area (Å²) in [5, 5.41) is 24.4. The van der Waals surface area contributed by atoms with Crippen molar-refractivity contribution in [2.45, 2.75) is 26.9 Å². The van der Waals surface area contributed by atoms with E-state index in [2.05, 4.69) is 39.7 Å². The molecule has 0 atom stereocenters. The molecule has 0 aliphatic heterocycles. The molecule has 0 aliphatic rings. The minimum atomic E-state index is 0.309. The Morgan fingerprint density at radius 1 is 1.08 bits per heavy atom. The van der Waals surface area contributed by atoms with Gasteiger partial charge in [-0.2, -0.15) is 10.4 Å². The highest BCUT2D eigenvalue weighted by atomic mass is 15.3. The molecule has 3 aromatic rings. The quantitative estimate of drug-likeness (QED) is 0.782. The molecule has 6 heteroatoms. The first-order valence-corrected chi connectivity index (χ1v) is 7.72. The molecule has 120 valence electrons. The Hall–Kier alpha value is -3.20. The van der Waals surface area contributed by atoms with Crippen molar-refractivity contribution in [2.75, 3.05) is 5.32 Å². The number of aryl methyl sites for hydroxylation is 1. The average Bonchev–Trinajstić information content (AvgIpc) is 2.88. The van der Waals surface area contributed by atoms with E-state index in [1.165, 1.54) is 5.56 Å². The van der Waals surface area contributed by atoms with E-state index in [1.807, 2.05) is 35.9 Å². The maximum Gasteiger partial charge on any atom is 0.163 e. The number of hydrogen-bond donors (Lipinski definition) is 1. The Morgan fingerprint density at radius 3 is 2.54 bits per heavy atom. The summed E-state index contributed by atoms with van der Waals surface area (Å²) in [5.41, 5.74) is 4.81. The molecule has 2 aromatic heterocycles. The molecule has 0 bridgehead atoms. The number of nitriles is 1. The van der Waals surface area contributed by atoms with E-state index in [0.29, 0.717) is 18.1 Å². The Bertz CT molecular complexity index is 859. The molecule has 0 spiro atoms. The van der Waals surface area contributed by atoms with Gasteiger partial charge in [-0.3, -0.25) is 4.68 Å². The SMILES string of the molecule is Cc1nn(Cc2ccccc2)c(C)c1CNc1ccc(C#N)nn1. The van der Waals surface area contributed by atoms with Crippen molar-refractivity contribution in [1.82, 2.24) is 20.0 Å². The number of benzene rings is 1. The van der Waals surface area contributed by atoms with Gasteiger partial charge in [-0.15, -0.1) is 10.2 Å². The third-order valence-corrected chi connectivity index (χ3v) is 3.93. The summed E-state index contributed by atoms with van der Waals surface area (Å²) in [6, 6.07) is 15.6. The van der Waals surface area contributed by atoms with Crippen LogP contribution in [-0.4, -0.2) is 20.0 Å². The molecule has 1 aromatic carbocycles. The summed E-state index contributed by atoms with van der Waals surface area (Å²) >= 11 is 0. The number of rotatable bonds is 5. The second-order valence-electron chi connectivity index (χ2n) is 5.56. The van der Waals surface area contributed by atoms with Crippen LogP contribution < -0.4 is 5.32 Å². The van der Waals surface area contributed by atoms with Crippen LogP contribution in [0.3, 0.4) is 0 Å². The molecule has 0 saturated carbocycles. The molecule has 0 unspecified atom stereocenters. The van der Waals surface area contributed by atoms with Crippen molar-refractivity contribution < 1.29 is 0 Å². The minimum Gasteiger partial charge on any atom is -0.364 e. The predicted molar refractivity (Wildman–Crippen MR) is 91.3 cm³/mol. The predicted octanol–water partition coefficient (Wildman–Crippen LogP) is 2.82. The molecular weight excluding hydrogens is 300 g/mol. The number of nitrogens with one attached hydrogen (secondary N) is 1. The van der Waals surface area contributed by atoms with Crippen molar-refractivity contribution >= 4 is 5.82 Å². The van der Waals surface area contributed by atoms with Gasteiger partial charge in [-0.05, 0) is 31.5 Å². The van der Waals surface area contributed by atoms with E-state index in [1.54, 1.807) is 12.1 Å². The van der Waals surface area contributed by atoms with Crippen LogP contribution in [0.4, 0.5) is 5.82 Å². The van der Waals surface area contributed by atoms with Gasteiger partial charge in [0.05, 0.1) is 12.2 Å². The third kappa shape index (κ3) is 3.41. The van der Waals surface area contributed by atoms with Gasteiger partial charge < -0.3 is 5.32 Å². The van der Waals surface area contributed by atoms with Crippen molar-refractivity contribution in [2.24, 2.45) is 0 Å². The first kappa shape index (κ1) is 15.7. The fourth-order valence-corrected chi connectivity index (χ4v) is 2.57. The van der Waals surface area contributed by atoms with Crippen molar-refractivity contribution in [3.63, 3.8) is 0 Å². The molecule has 24 heavy (non-hydrogen) atoms. The summed E-state index contributed by atoms with van der Waals surface area (Å²) in [6.45, 7) is 5.46. The zero-order chi connectivity index (χ0) is 16.9. The smallest absolute Gasteiger partial charge is 0.163 e. The maximum absolute atomic E-state index is 8.75. The van der Waals surface area contributed by atoms with E-state index >= 15 is 0 Å². The lowest BCUT2D eigenvalue weighted by atomic mass is 10.2. The first-order chi connectivity index (χ1) is 11.7. The largest absolute Gasteiger partial charge is 0.364 e. The molecule has 0 amide bonds. The second kappa shape index (κ2) is 6.92. The number of aromatic nitrogens is 4. The van der Waals surface area contributed by atoms with Crippen LogP contribution in [0.25, 0.3) is 0 Å². The van der Waals surface area contributed by atoms with Crippen LogP contribution in [0.1, 0.15) is 28.2 Å². The Balaban J connectivity index is 1.73. The van der Waals surface area contributed by atoms with Crippen LogP contribution in [-0.2, 0) is 13.1 Å². The molecule has 0 fully saturated rings. The van der Waals surface area contributed by atoms with Gasteiger partial charge in [0, 0.05) is 17.8 Å². The Labute approximate surface area is 140 Å². The van der Waals surface area contributed by atoms with Gasteiger partial charge in [-0.25, -0.2) is 0 Å². The highest BCUT2D eigenvalue weighted by Crippen LogP contribution is 2.16. The topological polar surface area (TPSA) is 79.4 Å². The van der Waals surface area contributed by atoms with E-state index in [9.17, 15) is 0 Å². The van der Waals surface area contributed by atoms with Gasteiger partial charge in [0.15, 0.2) is 5.69 Å². The number of anilines is 1. The zero-order valence-corrected chi connectivity index (χ0v) is 13.7. The zero-order valence-electron chi connectivity index (χ0n) is 13.7. The minimum absolute atomic E-state index is 0.309. The van der Waals surface area contributed by atoms with E-state index < -0.39 is 0 Å². The van der Waals surface area contributed by atoms with Gasteiger partial charge >= 0.3 is 0 Å². The van der Waals surface area contributed by atoms with Crippen molar-refractivity contribution in [3.8, 4) is 6.07 Å². The Morgan fingerprint density at radius 2 is 1.88 bits per heavy atom.